The molecular formula is C22H29N3O2S3. The van der Waals surface area contributed by atoms with Crippen LogP contribution in [0.1, 0.15) is 45.6 Å². The predicted octanol–water partition coefficient (Wildman–Crippen LogP) is 5.36. The fraction of sp³-hybridized carbons (Fsp3) is 0.591. The van der Waals surface area contributed by atoms with Crippen molar-refractivity contribution in [1.82, 2.24) is 15.1 Å². The maximum absolute atomic E-state index is 12.9. The average Bonchev–Trinajstić information content (AvgIpc) is 3.25. The number of hydrogen-bond acceptors (Lipinski definition) is 7. The Kier molecular flexibility index (Phi) is 6.38. The van der Waals surface area contributed by atoms with E-state index in [0.717, 1.165) is 39.6 Å². The molecule has 1 saturated heterocycles. The Morgan fingerprint density at radius 2 is 1.87 bits per heavy atom. The van der Waals surface area contributed by atoms with Gasteiger partial charge in [-0.25, -0.2) is 0 Å². The molecule has 2 heterocycles. The van der Waals surface area contributed by atoms with E-state index in [1.165, 1.54) is 23.7 Å². The molecule has 2 aliphatic rings. The summed E-state index contributed by atoms with van der Waals surface area (Å²) in [6.07, 6.45) is 3.47. The van der Waals surface area contributed by atoms with E-state index in [1.807, 2.05) is 12.1 Å². The maximum atomic E-state index is 12.9. The number of methoxy groups -OCH3 is 1. The Morgan fingerprint density at radius 3 is 2.57 bits per heavy atom. The van der Waals surface area contributed by atoms with Gasteiger partial charge in [-0.1, -0.05) is 67.8 Å². The predicted molar refractivity (Wildman–Crippen MR) is 124 cm³/mol. The largest absolute Gasteiger partial charge is 0.497 e. The van der Waals surface area contributed by atoms with Crippen LogP contribution in [0.5, 0.6) is 5.75 Å². The lowest BCUT2D eigenvalue weighted by molar-refractivity contribution is -0.129. The van der Waals surface area contributed by atoms with Crippen molar-refractivity contribution in [1.29, 1.82) is 0 Å². The molecule has 2 atom stereocenters. The van der Waals surface area contributed by atoms with E-state index in [1.54, 1.807) is 30.2 Å². The molecule has 2 unspecified atom stereocenters. The third-order valence-corrected chi connectivity index (χ3v) is 9.21. The Morgan fingerprint density at radius 1 is 1.17 bits per heavy atom. The smallest absolute Gasteiger partial charge is 0.233 e. The molecule has 2 aromatic rings. The van der Waals surface area contributed by atoms with Crippen molar-refractivity contribution in [2.75, 3.05) is 19.4 Å². The molecule has 0 spiro atoms. The number of fused-ring (bicyclic) bond motifs is 2. The summed E-state index contributed by atoms with van der Waals surface area (Å²) in [7, 11) is 1.67. The van der Waals surface area contributed by atoms with Crippen molar-refractivity contribution in [3.05, 3.63) is 29.8 Å². The van der Waals surface area contributed by atoms with Gasteiger partial charge in [0.25, 0.3) is 0 Å². The fourth-order valence-electron chi connectivity index (χ4n) is 5.14. The SMILES string of the molecule is COc1ccc(CSc2nnc(SCC(=O)N3CC4(C)CC3CC(C)(C)C4)s2)cc1. The highest BCUT2D eigenvalue weighted by atomic mass is 32.2. The van der Waals surface area contributed by atoms with Gasteiger partial charge < -0.3 is 9.64 Å². The third kappa shape index (κ3) is 5.14. The van der Waals surface area contributed by atoms with Gasteiger partial charge in [-0.05, 0) is 47.8 Å². The van der Waals surface area contributed by atoms with E-state index in [0.29, 0.717) is 17.2 Å². The van der Waals surface area contributed by atoms with Crippen LogP contribution in [0.4, 0.5) is 0 Å². The number of amides is 1. The monoisotopic (exact) mass is 463 g/mol. The minimum atomic E-state index is 0.245. The molecule has 2 fully saturated rings. The summed E-state index contributed by atoms with van der Waals surface area (Å²) in [6.45, 7) is 7.93. The van der Waals surface area contributed by atoms with Crippen LogP contribution in [-0.4, -0.2) is 46.5 Å². The maximum Gasteiger partial charge on any atom is 0.233 e. The summed E-state index contributed by atoms with van der Waals surface area (Å²) >= 11 is 4.77. The first-order valence-corrected chi connectivity index (χ1v) is 13.1. The molecule has 30 heavy (non-hydrogen) atoms. The van der Waals surface area contributed by atoms with Crippen LogP contribution in [0.3, 0.4) is 0 Å². The third-order valence-electron chi connectivity index (χ3n) is 5.96. The molecule has 1 saturated carbocycles. The number of nitrogens with zero attached hydrogens (tertiary/aromatic N) is 3. The number of aromatic nitrogens is 2. The number of carbonyl (C=O) groups is 1. The summed E-state index contributed by atoms with van der Waals surface area (Å²) in [5.41, 5.74) is 1.83. The first-order chi connectivity index (χ1) is 14.3. The van der Waals surface area contributed by atoms with Crippen LogP contribution in [0.25, 0.3) is 0 Å². The van der Waals surface area contributed by atoms with Crippen molar-refractivity contribution < 1.29 is 9.53 Å². The summed E-state index contributed by atoms with van der Waals surface area (Å²) in [5.74, 6) is 2.40. The highest BCUT2D eigenvalue weighted by Gasteiger charge is 2.50. The molecule has 1 aliphatic carbocycles. The fourth-order valence-corrected chi connectivity index (χ4v) is 8.00. The van der Waals surface area contributed by atoms with Gasteiger partial charge in [0.1, 0.15) is 5.75 Å². The van der Waals surface area contributed by atoms with Gasteiger partial charge in [0, 0.05) is 18.3 Å². The summed E-state index contributed by atoms with van der Waals surface area (Å²) in [4.78, 5) is 15.1. The highest BCUT2D eigenvalue weighted by molar-refractivity contribution is 8.03. The summed E-state index contributed by atoms with van der Waals surface area (Å²) in [5, 5.41) is 8.56. The van der Waals surface area contributed by atoms with Gasteiger partial charge in [-0.2, -0.15) is 0 Å². The van der Waals surface area contributed by atoms with Gasteiger partial charge in [0.2, 0.25) is 5.91 Å². The molecule has 2 bridgehead atoms. The topological polar surface area (TPSA) is 55.3 Å². The van der Waals surface area contributed by atoms with Crippen LogP contribution in [0.2, 0.25) is 0 Å². The van der Waals surface area contributed by atoms with E-state index in [4.69, 9.17) is 4.74 Å². The van der Waals surface area contributed by atoms with E-state index in [9.17, 15) is 4.79 Å². The van der Waals surface area contributed by atoms with Crippen molar-refractivity contribution in [3.8, 4) is 5.75 Å². The molecule has 4 rings (SSSR count). The number of ether oxygens (including phenoxy) is 1. The number of likely N-dealkylation sites (tertiary alicyclic amines) is 1. The van der Waals surface area contributed by atoms with E-state index in [2.05, 4.69) is 48.0 Å². The lowest BCUT2D eigenvalue weighted by Gasteiger charge is -2.39. The molecule has 0 radical (unpaired) electrons. The molecule has 1 aromatic heterocycles. The zero-order valence-electron chi connectivity index (χ0n) is 18.0. The molecule has 1 amide bonds. The van der Waals surface area contributed by atoms with E-state index in [-0.39, 0.29) is 11.3 Å². The second kappa shape index (κ2) is 8.71. The van der Waals surface area contributed by atoms with Crippen LogP contribution in [-0.2, 0) is 10.5 Å². The quantitative estimate of drug-likeness (QED) is 0.515. The van der Waals surface area contributed by atoms with Crippen LogP contribution < -0.4 is 4.74 Å². The minimum absolute atomic E-state index is 0.245. The van der Waals surface area contributed by atoms with Crippen molar-refractivity contribution in [2.24, 2.45) is 10.8 Å². The average molecular weight is 464 g/mol. The van der Waals surface area contributed by atoms with Crippen LogP contribution >= 0.6 is 34.9 Å². The van der Waals surface area contributed by atoms with Crippen LogP contribution in [0.15, 0.2) is 32.9 Å². The van der Waals surface area contributed by atoms with Gasteiger partial charge in [-0.15, -0.1) is 10.2 Å². The zero-order chi connectivity index (χ0) is 21.4. The van der Waals surface area contributed by atoms with E-state index >= 15 is 0 Å². The number of carbonyl (C=O) groups excluding carboxylic acids is 1. The van der Waals surface area contributed by atoms with Gasteiger partial charge >= 0.3 is 0 Å². The Bertz CT molecular complexity index is 899. The number of hydrogen-bond donors (Lipinski definition) is 0. The molecule has 162 valence electrons. The summed E-state index contributed by atoms with van der Waals surface area (Å²) < 4.78 is 7.00. The number of benzene rings is 1. The zero-order valence-corrected chi connectivity index (χ0v) is 20.5. The second-order valence-electron chi connectivity index (χ2n) is 9.49. The van der Waals surface area contributed by atoms with Crippen LogP contribution in [0, 0.1) is 10.8 Å². The molecule has 1 aliphatic heterocycles. The lowest BCUT2D eigenvalue weighted by Crippen LogP contribution is -2.38. The normalized spacial score (nSPS) is 24.8. The number of rotatable bonds is 7. The molecule has 0 N–H and O–H groups in total. The second-order valence-corrected chi connectivity index (χ2v) is 12.9. The van der Waals surface area contributed by atoms with Gasteiger partial charge in [-0.3, -0.25) is 4.79 Å². The first kappa shape index (κ1) is 22.0. The minimum Gasteiger partial charge on any atom is -0.497 e. The lowest BCUT2D eigenvalue weighted by atomic mass is 9.65. The molecule has 1 aromatic carbocycles. The Labute approximate surface area is 191 Å². The molecule has 5 nitrogen and oxygen atoms in total. The Balaban J connectivity index is 1.27. The van der Waals surface area contributed by atoms with E-state index < -0.39 is 0 Å². The Hall–Kier alpha value is -1.25. The molecule has 8 heteroatoms. The highest BCUT2D eigenvalue weighted by Crippen LogP contribution is 2.52. The summed E-state index contributed by atoms with van der Waals surface area (Å²) in [6, 6.07) is 8.47. The van der Waals surface area contributed by atoms with Gasteiger partial charge in [0.05, 0.1) is 12.9 Å². The van der Waals surface area contributed by atoms with Crippen molar-refractivity contribution >= 4 is 40.8 Å². The van der Waals surface area contributed by atoms with Crippen molar-refractivity contribution in [3.63, 3.8) is 0 Å². The first-order valence-electron chi connectivity index (χ1n) is 10.3. The molecular weight excluding hydrogens is 434 g/mol. The standard InChI is InChI=1S/C22H29N3O2S3/c1-21(2)9-16-10-22(3,13-21)14-25(16)18(26)12-29-20-24-23-19(30-20)28-11-15-5-7-17(27-4)8-6-15/h5-8,16H,9-14H2,1-4H3. The number of thioether (sulfide) groups is 2. The van der Waals surface area contributed by atoms with Gasteiger partial charge in [0.15, 0.2) is 8.68 Å². The van der Waals surface area contributed by atoms with Crippen molar-refractivity contribution in [2.45, 2.75) is 60.5 Å².